The van der Waals surface area contributed by atoms with Gasteiger partial charge in [-0.1, -0.05) is 139 Å². The maximum atomic E-state index is 9.86. The summed E-state index contributed by atoms with van der Waals surface area (Å²) >= 11 is 0. The van der Waals surface area contributed by atoms with Crippen LogP contribution in [0.4, 0.5) is 0 Å². The van der Waals surface area contributed by atoms with Gasteiger partial charge in [-0.05, 0) is 71.7 Å². The monoisotopic (exact) mass is 479 g/mol. The van der Waals surface area contributed by atoms with Gasteiger partial charge in [0.15, 0.2) is 0 Å². The molecule has 0 heteroatoms. The first-order valence-corrected chi connectivity index (χ1v) is 10.6. The smallest absolute Gasteiger partial charge is 0.0622 e. The molecule has 168 valence electrons. The van der Waals surface area contributed by atoms with Crippen LogP contribution in [0.3, 0.4) is 0 Å². The first-order valence-electron chi connectivity index (χ1n) is 22.1. The number of hydrogen-bond donors (Lipinski definition) is 0. The summed E-state index contributed by atoms with van der Waals surface area (Å²) < 4.78 is 203. The second-order valence-electron chi connectivity index (χ2n) is 7.56. The van der Waals surface area contributed by atoms with Crippen molar-refractivity contribution in [1.29, 1.82) is 0 Å². The molecule has 0 aliphatic rings. The summed E-state index contributed by atoms with van der Waals surface area (Å²) in [6, 6.07) is -19.2. The molecule has 7 aromatic carbocycles. The molecule has 0 nitrogen and oxygen atoms in total. The lowest BCUT2D eigenvalue weighted by Crippen LogP contribution is -1.91. The van der Waals surface area contributed by atoms with Gasteiger partial charge in [0.1, 0.15) is 0 Å². The molecular weight excluding hydrogens is 432 g/mol. The lowest BCUT2D eigenvalue weighted by Gasteiger charge is -2.19. The van der Waals surface area contributed by atoms with Gasteiger partial charge >= 0.3 is 0 Å². The van der Waals surface area contributed by atoms with Crippen LogP contribution in [0, 0.1) is 0 Å². The Morgan fingerprint density at radius 3 is 1.67 bits per heavy atom. The number of rotatable bonds is 3. The van der Waals surface area contributed by atoms with Gasteiger partial charge in [0.05, 0.1) is 31.5 Å². The lowest BCUT2D eigenvalue weighted by molar-refractivity contribution is 1.64. The van der Waals surface area contributed by atoms with E-state index in [9.17, 15) is 5.48 Å². The Morgan fingerprint density at radius 1 is 0.361 bits per heavy atom. The van der Waals surface area contributed by atoms with Gasteiger partial charge in [0.2, 0.25) is 0 Å². The standard InChI is InChI=1S/C36H24/c1-3-13-26(14-4-1)35-31-19-9-10-20-32(31)36(27-15-5-2-6-16-27)34-24-28(22-23-33(34)35)30-21-11-17-25-12-7-8-18-29(25)30/h1-24H/i1D,3D,4D,5D,6D,7D,8D,9D,10D,11D,12D,13D,14D,15D,16D,17D,18D,19D,20D,21D,22D,23D,24D. The highest BCUT2D eigenvalue weighted by molar-refractivity contribution is 6.22. The molecule has 0 aliphatic heterocycles. The van der Waals surface area contributed by atoms with E-state index < -0.39 is 205 Å². The molecule has 0 aromatic heterocycles. The van der Waals surface area contributed by atoms with E-state index in [0.29, 0.717) is 0 Å². The van der Waals surface area contributed by atoms with Gasteiger partial charge in [-0.15, -0.1) is 0 Å². The average molecular weight is 480 g/mol. The van der Waals surface area contributed by atoms with E-state index in [-0.39, 0.29) is 0 Å². The van der Waals surface area contributed by atoms with Crippen molar-refractivity contribution in [3.05, 3.63) is 145 Å². The molecule has 36 heavy (non-hydrogen) atoms. The zero-order valence-corrected chi connectivity index (χ0v) is 18.1. The fraction of sp³-hybridized carbons (Fsp3) is 0. The van der Waals surface area contributed by atoms with Crippen molar-refractivity contribution in [2.45, 2.75) is 0 Å². The van der Waals surface area contributed by atoms with E-state index in [2.05, 4.69) is 0 Å². The van der Waals surface area contributed by atoms with Crippen LogP contribution in [0.2, 0.25) is 0 Å². The van der Waals surface area contributed by atoms with Crippen LogP contribution in [0.1, 0.15) is 31.5 Å². The Morgan fingerprint density at radius 2 is 0.917 bits per heavy atom. The van der Waals surface area contributed by atoms with Crippen LogP contribution in [-0.4, -0.2) is 0 Å². The van der Waals surface area contributed by atoms with Crippen LogP contribution in [0.15, 0.2) is 145 Å². The predicted molar refractivity (Wildman–Crippen MR) is 155 cm³/mol. The van der Waals surface area contributed by atoms with Crippen LogP contribution < -0.4 is 0 Å². The molecule has 0 aliphatic carbocycles. The number of fused-ring (bicyclic) bond motifs is 3. The third-order valence-electron chi connectivity index (χ3n) is 5.60. The molecule has 7 rings (SSSR count). The largest absolute Gasteiger partial charge is 0.0636 e. The van der Waals surface area contributed by atoms with E-state index in [0.717, 1.165) is 6.07 Å². The Kier molecular flexibility index (Phi) is 1.87. The molecule has 0 N–H and O–H groups in total. The van der Waals surface area contributed by atoms with Gasteiger partial charge in [-0.25, -0.2) is 0 Å². The van der Waals surface area contributed by atoms with Crippen LogP contribution in [-0.2, 0) is 0 Å². The van der Waals surface area contributed by atoms with Crippen LogP contribution in [0.25, 0.3) is 65.7 Å². The van der Waals surface area contributed by atoms with Gasteiger partial charge in [-0.2, -0.15) is 0 Å². The van der Waals surface area contributed by atoms with Gasteiger partial charge in [0.25, 0.3) is 0 Å². The topological polar surface area (TPSA) is 0 Å². The fourth-order valence-electron chi connectivity index (χ4n) is 4.13. The van der Waals surface area contributed by atoms with Crippen molar-refractivity contribution >= 4 is 32.3 Å². The van der Waals surface area contributed by atoms with Crippen molar-refractivity contribution in [2.24, 2.45) is 0 Å². The maximum Gasteiger partial charge on any atom is 0.0636 e. The normalized spacial score (nSPS) is 20.3. The minimum absolute atomic E-state index is 0.576. The lowest BCUT2D eigenvalue weighted by atomic mass is 9.84. The quantitative estimate of drug-likeness (QED) is 0.221. The summed E-state index contributed by atoms with van der Waals surface area (Å²) in [6.07, 6.45) is 0. The summed E-state index contributed by atoms with van der Waals surface area (Å²) in [5.74, 6) is 0. The highest BCUT2D eigenvalue weighted by atomic mass is 14.2. The molecule has 7 aromatic rings. The maximum absolute atomic E-state index is 9.86. The summed E-state index contributed by atoms with van der Waals surface area (Å²) in [7, 11) is 0. The van der Waals surface area contributed by atoms with Gasteiger partial charge in [0, 0.05) is 0 Å². The average Bonchev–Trinajstić information content (AvgIpc) is 3.20. The Balaban J connectivity index is 1.97. The van der Waals surface area contributed by atoms with Crippen molar-refractivity contribution in [3.63, 3.8) is 0 Å². The molecule has 0 spiro atoms. The van der Waals surface area contributed by atoms with E-state index in [1.807, 2.05) is 0 Å². The van der Waals surface area contributed by atoms with Crippen molar-refractivity contribution in [3.8, 4) is 33.4 Å². The van der Waals surface area contributed by atoms with Crippen LogP contribution in [0.5, 0.6) is 0 Å². The van der Waals surface area contributed by atoms with E-state index in [1.165, 1.54) is 0 Å². The Hall–Kier alpha value is -4.68. The zero-order chi connectivity index (χ0) is 43.9. The molecule has 0 atom stereocenters. The van der Waals surface area contributed by atoms with Crippen molar-refractivity contribution < 1.29 is 31.5 Å². The SMILES string of the molecule is [2H]c1cc([2H])c([2H])c(-c2c3c([2H])c([2H])c([2H])c([2H])c3c(-c3c([2H])c([2H])c([2H])c([2H])c3[2H])c3c([2H])c([2H])c(-c4c([2H])c([2H])c([2H])c5c([2H])c([2H])c([2H])c([2H])c45)c([2H])c23)c1[2H]. The number of benzene rings is 7. The third kappa shape index (κ3) is 3.31. The van der Waals surface area contributed by atoms with E-state index >= 15 is 0 Å². The minimum Gasteiger partial charge on any atom is -0.0622 e. The van der Waals surface area contributed by atoms with Crippen LogP contribution >= 0.6 is 0 Å². The molecule has 0 radical (unpaired) electrons. The minimum atomic E-state index is -1.01. The van der Waals surface area contributed by atoms with E-state index in [4.69, 9.17) is 26.0 Å². The van der Waals surface area contributed by atoms with Gasteiger partial charge in [-0.3, -0.25) is 0 Å². The third-order valence-corrected chi connectivity index (χ3v) is 5.60. The molecule has 0 saturated carbocycles. The highest BCUT2D eigenvalue weighted by Gasteiger charge is 2.17. The molecule has 0 amide bonds. The Labute approximate surface area is 243 Å². The highest BCUT2D eigenvalue weighted by Crippen LogP contribution is 2.45. The summed E-state index contributed by atoms with van der Waals surface area (Å²) in [5, 5.41) is -3.83. The fourth-order valence-corrected chi connectivity index (χ4v) is 4.13. The molecule has 0 heterocycles. The molecule has 0 bridgehead atoms. The first kappa shape index (κ1) is 7.91. The second kappa shape index (κ2) is 8.52. The summed E-state index contributed by atoms with van der Waals surface area (Å²) in [5.41, 5.74) is -4.19. The molecule has 0 fully saturated rings. The summed E-state index contributed by atoms with van der Waals surface area (Å²) in [6.45, 7) is 0. The van der Waals surface area contributed by atoms with Crippen molar-refractivity contribution in [1.82, 2.24) is 0 Å². The Bertz CT molecular complexity index is 3070. The van der Waals surface area contributed by atoms with Crippen molar-refractivity contribution in [2.75, 3.05) is 0 Å². The second-order valence-corrected chi connectivity index (χ2v) is 7.56. The number of hydrogen-bond acceptors (Lipinski definition) is 0. The molecule has 0 saturated heterocycles. The van der Waals surface area contributed by atoms with Gasteiger partial charge < -0.3 is 0 Å². The zero-order valence-electron chi connectivity index (χ0n) is 41.1. The molecule has 0 unspecified atom stereocenters. The first-order chi connectivity index (χ1) is 27.4. The predicted octanol–water partition coefficient (Wildman–Crippen LogP) is 10.1. The van der Waals surface area contributed by atoms with E-state index in [1.54, 1.807) is 0 Å². The summed E-state index contributed by atoms with van der Waals surface area (Å²) in [4.78, 5) is 0. The molecular formula is C36H24.